The van der Waals surface area contributed by atoms with E-state index in [2.05, 4.69) is 16.0 Å². The van der Waals surface area contributed by atoms with E-state index in [1.807, 2.05) is 6.92 Å². The van der Waals surface area contributed by atoms with Gasteiger partial charge < -0.3 is 16.0 Å². The Labute approximate surface area is 64.8 Å². The van der Waals surface area contributed by atoms with Gasteiger partial charge in [-0.25, -0.2) is 0 Å². The third kappa shape index (κ3) is 1.25. The van der Waals surface area contributed by atoms with Gasteiger partial charge in [-0.05, 0) is 6.92 Å². The summed E-state index contributed by atoms with van der Waals surface area (Å²) in [7, 11) is 1.60. The first kappa shape index (κ1) is 7.81. The number of carbonyl (C=O) groups is 1. The smallest absolute Gasteiger partial charge is 0.273 e. The molecule has 1 rings (SSSR count). The lowest BCUT2D eigenvalue weighted by Gasteiger charge is -1.94. The lowest BCUT2D eigenvalue weighted by atomic mass is 10.3. The molecule has 11 heavy (non-hydrogen) atoms. The average Bonchev–Trinajstić information content (AvgIpc) is 2.32. The van der Waals surface area contributed by atoms with E-state index in [-0.39, 0.29) is 5.91 Å². The maximum absolute atomic E-state index is 11.1. The molecule has 0 aliphatic heterocycles. The Bertz CT molecular complexity index is 277. The van der Waals surface area contributed by atoms with Gasteiger partial charge in [0.1, 0.15) is 0 Å². The van der Waals surface area contributed by atoms with Gasteiger partial charge in [0.15, 0.2) is 11.4 Å². The molecule has 1 aromatic rings. The number of H-pyrrole nitrogens is 1. The molecule has 0 aliphatic rings. The van der Waals surface area contributed by atoms with Crippen molar-refractivity contribution in [3.05, 3.63) is 17.5 Å². The number of quaternary nitrogens is 1. The zero-order valence-corrected chi connectivity index (χ0v) is 6.69. The van der Waals surface area contributed by atoms with Crippen molar-refractivity contribution in [1.29, 1.82) is 0 Å². The fourth-order valence-electron chi connectivity index (χ4n) is 0.879. The standard InChI is InChI=1S/C7H11N3O/c1-4-3-10-6(5(4)8)7(11)9-2/h3,10H,8H2,1-2H3,(H,9,11)/p+1. The van der Waals surface area contributed by atoms with Crippen molar-refractivity contribution < 1.29 is 10.5 Å². The Kier molecular flexibility index (Phi) is 1.96. The predicted octanol–water partition coefficient (Wildman–Crippen LogP) is -0.444. The molecule has 5 N–H and O–H groups in total. The number of amides is 1. The van der Waals surface area contributed by atoms with Crippen LogP contribution >= 0.6 is 0 Å². The minimum atomic E-state index is -0.122. The van der Waals surface area contributed by atoms with Crippen molar-refractivity contribution in [3.8, 4) is 0 Å². The van der Waals surface area contributed by atoms with Gasteiger partial charge in [0.05, 0.1) is 0 Å². The fourth-order valence-corrected chi connectivity index (χ4v) is 0.879. The molecule has 0 fully saturated rings. The zero-order chi connectivity index (χ0) is 8.43. The molecule has 0 saturated heterocycles. The minimum absolute atomic E-state index is 0.122. The molecule has 0 atom stereocenters. The van der Waals surface area contributed by atoms with Crippen LogP contribution in [0.15, 0.2) is 6.20 Å². The van der Waals surface area contributed by atoms with Gasteiger partial charge in [-0.2, -0.15) is 0 Å². The van der Waals surface area contributed by atoms with E-state index >= 15 is 0 Å². The highest BCUT2D eigenvalue weighted by atomic mass is 16.1. The van der Waals surface area contributed by atoms with Crippen molar-refractivity contribution in [2.45, 2.75) is 6.92 Å². The first-order chi connectivity index (χ1) is 5.16. The molecule has 1 aromatic heterocycles. The van der Waals surface area contributed by atoms with E-state index in [1.165, 1.54) is 0 Å². The minimum Gasteiger partial charge on any atom is -0.354 e. The summed E-state index contributed by atoms with van der Waals surface area (Å²) in [5, 5.41) is 2.53. The number of aromatic amines is 1. The molecule has 0 aliphatic carbocycles. The molecule has 0 unspecified atom stereocenters. The molecular formula is C7H12N3O+. The Morgan fingerprint density at radius 1 is 1.73 bits per heavy atom. The van der Waals surface area contributed by atoms with Crippen LogP contribution in [0.3, 0.4) is 0 Å². The van der Waals surface area contributed by atoms with Crippen LogP contribution in [0.1, 0.15) is 16.1 Å². The quantitative estimate of drug-likeness (QED) is 0.504. The molecule has 0 bridgehead atoms. The molecule has 4 heteroatoms. The summed E-state index contributed by atoms with van der Waals surface area (Å²) in [4.78, 5) is 13.9. The maximum Gasteiger partial charge on any atom is 0.273 e. The lowest BCUT2D eigenvalue weighted by molar-refractivity contribution is -0.255. The fraction of sp³-hybridized carbons (Fsp3) is 0.286. The average molecular weight is 154 g/mol. The molecular weight excluding hydrogens is 142 g/mol. The number of carbonyl (C=O) groups excluding carboxylic acids is 1. The van der Waals surface area contributed by atoms with Crippen molar-refractivity contribution in [3.63, 3.8) is 0 Å². The van der Waals surface area contributed by atoms with Crippen LogP contribution in [0.5, 0.6) is 0 Å². The van der Waals surface area contributed by atoms with Crippen LogP contribution in [-0.4, -0.2) is 17.9 Å². The Morgan fingerprint density at radius 2 is 2.36 bits per heavy atom. The van der Waals surface area contributed by atoms with Gasteiger partial charge in [0, 0.05) is 18.8 Å². The molecule has 60 valence electrons. The van der Waals surface area contributed by atoms with Crippen molar-refractivity contribution >= 4 is 11.6 Å². The molecule has 0 aromatic carbocycles. The van der Waals surface area contributed by atoms with E-state index in [0.29, 0.717) is 5.69 Å². The normalized spacial score (nSPS) is 9.73. The summed E-state index contributed by atoms with van der Waals surface area (Å²) < 4.78 is 0. The largest absolute Gasteiger partial charge is 0.354 e. The molecule has 0 radical (unpaired) electrons. The summed E-state index contributed by atoms with van der Waals surface area (Å²) in [6, 6.07) is 0. The second-order valence-electron chi connectivity index (χ2n) is 2.40. The number of aromatic nitrogens is 1. The number of rotatable bonds is 1. The monoisotopic (exact) mass is 154 g/mol. The highest BCUT2D eigenvalue weighted by molar-refractivity contribution is 5.96. The molecule has 0 saturated carbocycles. The summed E-state index contributed by atoms with van der Waals surface area (Å²) in [5.74, 6) is -0.122. The first-order valence-electron chi connectivity index (χ1n) is 3.39. The van der Waals surface area contributed by atoms with E-state index in [1.54, 1.807) is 13.2 Å². The van der Waals surface area contributed by atoms with Gasteiger partial charge in [-0.1, -0.05) is 0 Å². The van der Waals surface area contributed by atoms with Gasteiger partial charge in [-0.3, -0.25) is 4.79 Å². The predicted molar refractivity (Wildman–Crippen MR) is 41.5 cm³/mol. The topological polar surface area (TPSA) is 72.5 Å². The van der Waals surface area contributed by atoms with Gasteiger partial charge in [0.2, 0.25) is 0 Å². The third-order valence-electron chi connectivity index (χ3n) is 1.66. The Balaban J connectivity index is 3.04. The van der Waals surface area contributed by atoms with Crippen LogP contribution < -0.4 is 11.1 Å². The van der Waals surface area contributed by atoms with Crippen LogP contribution in [-0.2, 0) is 0 Å². The highest BCUT2D eigenvalue weighted by Gasteiger charge is 2.13. The molecule has 4 nitrogen and oxygen atoms in total. The second kappa shape index (κ2) is 2.75. The number of hydrogen-bond acceptors (Lipinski definition) is 1. The molecule has 0 spiro atoms. The summed E-state index contributed by atoms with van der Waals surface area (Å²) in [6.45, 7) is 1.91. The van der Waals surface area contributed by atoms with E-state index in [4.69, 9.17) is 0 Å². The highest BCUT2D eigenvalue weighted by Crippen LogP contribution is 2.12. The van der Waals surface area contributed by atoms with Gasteiger partial charge in [0.25, 0.3) is 5.91 Å². The van der Waals surface area contributed by atoms with Crippen LogP contribution in [0, 0.1) is 6.92 Å². The van der Waals surface area contributed by atoms with Gasteiger partial charge >= 0.3 is 0 Å². The van der Waals surface area contributed by atoms with Crippen LogP contribution in [0.4, 0.5) is 5.69 Å². The lowest BCUT2D eigenvalue weighted by Crippen LogP contribution is -2.43. The van der Waals surface area contributed by atoms with Crippen molar-refractivity contribution in [2.75, 3.05) is 7.05 Å². The summed E-state index contributed by atoms with van der Waals surface area (Å²) in [5.41, 5.74) is 6.07. The molecule has 1 amide bonds. The van der Waals surface area contributed by atoms with Crippen molar-refractivity contribution in [2.24, 2.45) is 0 Å². The van der Waals surface area contributed by atoms with Crippen LogP contribution in [0.25, 0.3) is 0 Å². The summed E-state index contributed by atoms with van der Waals surface area (Å²) in [6.07, 6.45) is 1.77. The third-order valence-corrected chi connectivity index (χ3v) is 1.66. The van der Waals surface area contributed by atoms with Crippen molar-refractivity contribution in [1.82, 2.24) is 10.3 Å². The second-order valence-corrected chi connectivity index (χ2v) is 2.40. The van der Waals surface area contributed by atoms with E-state index in [9.17, 15) is 4.79 Å². The van der Waals surface area contributed by atoms with Crippen LogP contribution in [0.2, 0.25) is 0 Å². The Hall–Kier alpha value is -1.29. The number of hydrogen-bond donors (Lipinski definition) is 3. The van der Waals surface area contributed by atoms with Gasteiger partial charge in [-0.15, -0.1) is 0 Å². The van der Waals surface area contributed by atoms with E-state index < -0.39 is 0 Å². The summed E-state index contributed by atoms with van der Waals surface area (Å²) >= 11 is 0. The Morgan fingerprint density at radius 3 is 2.73 bits per heavy atom. The maximum atomic E-state index is 11.1. The first-order valence-corrected chi connectivity index (χ1v) is 3.39. The van der Waals surface area contributed by atoms with E-state index in [0.717, 1.165) is 11.3 Å². The SMILES string of the molecule is CNC(=O)c1[nH]cc(C)c1[NH3+]. The molecule has 1 heterocycles. The number of aryl methyl sites for hydroxylation is 1. The number of nitrogens with one attached hydrogen (secondary N) is 2. The zero-order valence-electron chi connectivity index (χ0n) is 6.69.